The average molecular weight is 720 g/mol. The van der Waals surface area contributed by atoms with Gasteiger partial charge in [-0.3, -0.25) is 0 Å². The number of rotatable bonds is 8. The number of hydrogen-bond donors (Lipinski definition) is 0. The Labute approximate surface area is 326 Å². The lowest BCUT2D eigenvalue weighted by Gasteiger charge is -2.25. The van der Waals surface area contributed by atoms with Gasteiger partial charge in [-0.05, 0) is 60.0 Å². The van der Waals surface area contributed by atoms with E-state index < -0.39 is 0 Å². The molecule has 1 aliphatic carbocycles. The Balaban J connectivity index is 1.00. The van der Waals surface area contributed by atoms with Crippen LogP contribution >= 0.6 is 0 Å². The van der Waals surface area contributed by atoms with Gasteiger partial charge in [-0.15, -0.1) is 0 Å². The molecular weight excluding hydrogens is 683 g/mol. The van der Waals surface area contributed by atoms with E-state index in [0.29, 0.717) is 0 Å². The van der Waals surface area contributed by atoms with Gasteiger partial charge < -0.3 is 9.32 Å². The second kappa shape index (κ2) is 14.5. The standard InChI is InChI=1S/C52H37N3O/c1-5-16-37(17-6-1)48-35-49(38-18-7-2-8-19-38)54-52(53-48)40-21-13-20-39(34-40)45-27-15-29-47-46-28-14-26-44(50(46)56-51(45)47)36-30-32-43(33-31-36)55(41-22-9-3-10-23-41)42-24-11-4-12-25-42/h1-33,35,40H,34H2. The van der Waals surface area contributed by atoms with Gasteiger partial charge in [0.15, 0.2) is 0 Å². The van der Waals surface area contributed by atoms with Crippen LogP contribution in [0, 0.1) is 0 Å². The molecule has 4 heteroatoms. The summed E-state index contributed by atoms with van der Waals surface area (Å²) in [5.74, 6) is 0.814. The maximum Gasteiger partial charge on any atom is 0.143 e. The maximum atomic E-state index is 6.93. The molecule has 0 N–H and O–H groups in total. The Bertz CT molecular complexity index is 2760. The van der Waals surface area contributed by atoms with Crippen molar-refractivity contribution in [1.29, 1.82) is 0 Å². The van der Waals surface area contributed by atoms with Gasteiger partial charge in [-0.1, -0.05) is 164 Å². The molecule has 9 aromatic rings. The summed E-state index contributed by atoms with van der Waals surface area (Å²) in [6, 6.07) is 65.6. The second-order valence-electron chi connectivity index (χ2n) is 14.1. The lowest BCUT2D eigenvalue weighted by Crippen LogP contribution is -2.09. The molecule has 1 atom stereocenters. The van der Waals surface area contributed by atoms with Crippen LogP contribution in [0.25, 0.3) is 61.2 Å². The molecule has 0 fully saturated rings. The predicted octanol–water partition coefficient (Wildman–Crippen LogP) is 14.0. The third kappa shape index (κ3) is 6.27. The molecule has 1 unspecified atom stereocenters. The Kier molecular flexibility index (Phi) is 8.62. The molecule has 4 nitrogen and oxygen atoms in total. The number of benzene rings is 7. The van der Waals surface area contributed by atoms with Crippen molar-refractivity contribution in [1.82, 2.24) is 9.97 Å². The van der Waals surface area contributed by atoms with E-state index in [2.05, 4.69) is 199 Å². The number of aromatic nitrogens is 2. The van der Waals surface area contributed by atoms with Gasteiger partial charge in [0.25, 0.3) is 0 Å². The van der Waals surface area contributed by atoms with Crippen molar-refractivity contribution < 1.29 is 4.42 Å². The number of furan rings is 1. The number of para-hydroxylation sites is 4. The van der Waals surface area contributed by atoms with Crippen molar-refractivity contribution in [3.8, 4) is 33.6 Å². The number of allylic oxidation sites excluding steroid dienone is 4. The van der Waals surface area contributed by atoms with Crippen LogP contribution in [0.4, 0.5) is 17.1 Å². The van der Waals surface area contributed by atoms with Gasteiger partial charge in [0, 0.05) is 56.0 Å². The van der Waals surface area contributed by atoms with Crippen molar-refractivity contribution in [3.05, 3.63) is 218 Å². The number of fused-ring (bicyclic) bond motifs is 3. The summed E-state index contributed by atoms with van der Waals surface area (Å²) in [4.78, 5) is 12.6. The first-order valence-electron chi connectivity index (χ1n) is 19.1. The summed E-state index contributed by atoms with van der Waals surface area (Å²) in [7, 11) is 0. The largest absolute Gasteiger partial charge is 0.455 e. The second-order valence-corrected chi connectivity index (χ2v) is 14.1. The van der Waals surface area contributed by atoms with Crippen LogP contribution < -0.4 is 4.90 Å². The summed E-state index contributed by atoms with van der Waals surface area (Å²) in [6.07, 6.45) is 7.34. The van der Waals surface area contributed by atoms with Crippen LogP contribution in [-0.4, -0.2) is 9.97 Å². The highest BCUT2D eigenvalue weighted by Gasteiger charge is 2.23. The molecule has 0 radical (unpaired) electrons. The van der Waals surface area contributed by atoms with E-state index in [1.54, 1.807) is 0 Å². The lowest BCUT2D eigenvalue weighted by atomic mass is 9.88. The first-order valence-corrected chi connectivity index (χ1v) is 19.1. The average Bonchev–Trinajstić information content (AvgIpc) is 3.67. The zero-order valence-corrected chi connectivity index (χ0v) is 30.7. The lowest BCUT2D eigenvalue weighted by molar-refractivity contribution is 0.667. The van der Waals surface area contributed by atoms with Crippen molar-refractivity contribution >= 4 is 44.6 Å². The summed E-state index contributed by atoms with van der Waals surface area (Å²) >= 11 is 0. The fourth-order valence-corrected chi connectivity index (χ4v) is 7.89. The fraction of sp³-hybridized carbons (Fsp3) is 0.0385. The van der Waals surface area contributed by atoms with Crippen LogP contribution in [0.5, 0.6) is 0 Å². The van der Waals surface area contributed by atoms with E-state index >= 15 is 0 Å². The minimum atomic E-state index is 0.00109. The third-order valence-electron chi connectivity index (χ3n) is 10.6. The van der Waals surface area contributed by atoms with Crippen molar-refractivity contribution in [2.45, 2.75) is 12.3 Å². The van der Waals surface area contributed by atoms with E-state index in [4.69, 9.17) is 14.4 Å². The Morgan fingerprint density at radius 3 is 1.54 bits per heavy atom. The monoisotopic (exact) mass is 719 g/mol. The van der Waals surface area contributed by atoms with Crippen molar-refractivity contribution in [2.75, 3.05) is 4.90 Å². The molecule has 1 aliphatic rings. The highest BCUT2D eigenvalue weighted by molar-refractivity contribution is 6.12. The molecule has 266 valence electrons. The van der Waals surface area contributed by atoms with Crippen LogP contribution in [0.2, 0.25) is 0 Å². The van der Waals surface area contributed by atoms with Gasteiger partial charge >= 0.3 is 0 Å². The number of nitrogens with zero attached hydrogens (tertiary/aromatic N) is 3. The summed E-state index contributed by atoms with van der Waals surface area (Å²) < 4.78 is 6.93. The van der Waals surface area contributed by atoms with Crippen molar-refractivity contribution in [3.63, 3.8) is 0 Å². The Hall–Kier alpha value is -7.30. The topological polar surface area (TPSA) is 42.2 Å². The third-order valence-corrected chi connectivity index (χ3v) is 10.6. The first kappa shape index (κ1) is 33.3. The zero-order valence-electron chi connectivity index (χ0n) is 30.7. The van der Waals surface area contributed by atoms with E-state index in [1.165, 1.54) is 5.57 Å². The van der Waals surface area contributed by atoms with Gasteiger partial charge in [-0.25, -0.2) is 9.97 Å². The quantitative estimate of drug-likeness (QED) is 0.157. The molecule has 56 heavy (non-hydrogen) atoms. The van der Waals surface area contributed by atoms with Crippen LogP contribution in [0.15, 0.2) is 211 Å². The smallest absolute Gasteiger partial charge is 0.143 e. The van der Waals surface area contributed by atoms with Gasteiger partial charge in [0.05, 0.1) is 11.4 Å². The summed E-state index contributed by atoms with van der Waals surface area (Å²) in [6.45, 7) is 0. The van der Waals surface area contributed by atoms with Gasteiger partial charge in [-0.2, -0.15) is 0 Å². The van der Waals surface area contributed by atoms with E-state index in [1.807, 2.05) is 12.1 Å². The predicted molar refractivity (Wildman–Crippen MR) is 231 cm³/mol. The summed E-state index contributed by atoms with van der Waals surface area (Å²) in [5.41, 5.74) is 13.6. The Morgan fingerprint density at radius 1 is 0.464 bits per heavy atom. The maximum absolute atomic E-state index is 6.93. The number of anilines is 3. The van der Waals surface area contributed by atoms with E-state index in [0.717, 1.165) is 90.5 Å². The van der Waals surface area contributed by atoms with E-state index in [-0.39, 0.29) is 5.92 Å². The SMILES string of the molecule is C1=CC(c2nc(-c3ccccc3)cc(-c3ccccc3)n2)CC(c2cccc3c2oc2c(-c4ccc(N(c5ccccc5)c5ccccc5)cc4)cccc23)=C1. The first-order chi connectivity index (χ1) is 27.8. The highest BCUT2D eigenvalue weighted by Crippen LogP contribution is 2.43. The zero-order chi connectivity index (χ0) is 37.3. The molecule has 0 aliphatic heterocycles. The van der Waals surface area contributed by atoms with Gasteiger partial charge in [0.2, 0.25) is 0 Å². The van der Waals surface area contributed by atoms with Crippen LogP contribution in [0.3, 0.4) is 0 Å². The molecular formula is C52H37N3O. The Morgan fingerprint density at radius 2 is 0.964 bits per heavy atom. The molecule has 0 spiro atoms. The van der Waals surface area contributed by atoms with Gasteiger partial charge in [0.1, 0.15) is 17.0 Å². The molecule has 0 amide bonds. The summed E-state index contributed by atoms with van der Waals surface area (Å²) in [5, 5.41) is 2.21. The van der Waals surface area contributed by atoms with Crippen LogP contribution in [0.1, 0.15) is 23.7 Å². The molecule has 2 aromatic heterocycles. The molecule has 2 heterocycles. The molecule has 0 saturated carbocycles. The number of hydrogen-bond acceptors (Lipinski definition) is 4. The highest BCUT2D eigenvalue weighted by atomic mass is 16.3. The molecule has 7 aromatic carbocycles. The van der Waals surface area contributed by atoms with E-state index in [9.17, 15) is 0 Å². The fourth-order valence-electron chi connectivity index (χ4n) is 7.89. The minimum absolute atomic E-state index is 0.00109. The van der Waals surface area contributed by atoms with Crippen LogP contribution in [-0.2, 0) is 0 Å². The molecule has 0 bridgehead atoms. The minimum Gasteiger partial charge on any atom is -0.455 e. The molecule has 10 rings (SSSR count). The van der Waals surface area contributed by atoms with Crippen molar-refractivity contribution in [2.24, 2.45) is 0 Å². The molecule has 0 saturated heterocycles. The normalized spacial score (nSPS) is 13.9.